The number of ether oxygens (including phenoxy) is 1. The molecule has 6 N–H and O–H groups in total. The summed E-state index contributed by atoms with van der Waals surface area (Å²) in [6.07, 6.45) is -0.974. The number of carbonyl (C=O) groups is 3. The number of hydrogen-bond donors (Lipinski definition) is 5. The number of aliphatic hydroxyl groups is 2. The largest absolute Gasteiger partial charge is 0.394 e. The Bertz CT molecular complexity index is 523. The molecule has 2 aliphatic heterocycles. The minimum absolute atomic E-state index is 0.0803. The first-order chi connectivity index (χ1) is 11.0. The third-order valence-corrected chi connectivity index (χ3v) is 3.62. The Labute approximate surface area is 132 Å². The van der Waals surface area contributed by atoms with E-state index in [1.807, 2.05) is 0 Å². The molecule has 0 unspecified atom stereocenters. The van der Waals surface area contributed by atoms with Gasteiger partial charge in [0.05, 0.1) is 24.8 Å². The van der Waals surface area contributed by atoms with Crippen LogP contribution in [0.4, 0.5) is 4.79 Å². The molecule has 0 aromatic rings. The van der Waals surface area contributed by atoms with Gasteiger partial charge in [-0.05, 0) is 0 Å². The number of urea groups is 1. The van der Waals surface area contributed by atoms with Crippen LogP contribution in [0.15, 0.2) is 11.8 Å². The summed E-state index contributed by atoms with van der Waals surface area (Å²) in [5.41, 5.74) is 5.42. The molecule has 10 nitrogen and oxygen atoms in total. The van der Waals surface area contributed by atoms with Gasteiger partial charge in [-0.2, -0.15) is 0 Å². The molecule has 10 heteroatoms. The lowest BCUT2D eigenvalue weighted by atomic mass is 10.1. The average molecular weight is 328 g/mol. The first kappa shape index (κ1) is 17.3. The Morgan fingerprint density at radius 3 is 2.87 bits per heavy atom. The van der Waals surface area contributed by atoms with Gasteiger partial charge in [0.2, 0.25) is 5.91 Å². The third kappa shape index (κ3) is 4.05. The normalized spacial score (nSPS) is 29.8. The number of carbonyl (C=O) groups excluding carboxylic acids is 3. The van der Waals surface area contributed by atoms with Crippen LogP contribution in [0.1, 0.15) is 12.8 Å². The maximum absolute atomic E-state index is 11.9. The molecule has 2 rings (SSSR count). The fourth-order valence-corrected chi connectivity index (χ4v) is 2.36. The fourth-order valence-electron chi connectivity index (χ4n) is 2.36. The van der Waals surface area contributed by atoms with E-state index in [2.05, 4.69) is 10.6 Å². The molecule has 0 aliphatic carbocycles. The number of aliphatic hydroxyl groups excluding tert-OH is 2. The van der Waals surface area contributed by atoms with Crippen molar-refractivity contribution in [3.8, 4) is 0 Å². The number of nitrogens with zero attached hydrogens (tertiary/aromatic N) is 1. The van der Waals surface area contributed by atoms with E-state index in [1.54, 1.807) is 0 Å². The quantitative estimate of drug-likeness (QED) is 0.345. The molecular weight excluding hydrogens is 308 g/mol. The Balaban J connectivity index is 2.04. The van der Waals surface area contributed by atoms with Gasteiger partial charge < -0.3 is 26.0 Å². The molecule has 0 spiro atoms. The summed E-state index contributed by atoms with van der Waals surface area (Å²) in [6, 6.07) is -0.656. The average Bonchev–Trinajstić information content (AvgIpc) is 2.87. The lowest BCUT2D eigenvalue weighted by Crippen LogP contribution is -2.55. The smallest absolute Gasteiger partial charge is 0.326 e. The summed E-state index contributed by atoms with van der Waals surface area (Å²) in [4.78, 5) is 36.3. The summed E-state index contributed by atoms with van der Waals surface area (Å²) in [6.45, 7) is -0.269. The molecule has 3 atom stereocenters. The molecule has 0 bridgehead atoms. The molecule has 128 valence electrons. The number of amides is 4. The van der Waals surface area contributed by atoms with E-state index in [0.717, 1.165) is 0 Å². The van der Waals surface area contributed by atoms with E-state index in [-0.39, 0.29) is 44.0 Å². The molecule has 2 heterocycles. The van der Waals surface area contributed by atoms with E-state index in [9.17, 15) is 19.5 Å². The summed E-state index contributed by atoms with van der Waals surface area (Å²) >= 11 is 0. The van der Waals surface area contributed by atoms with E-state index >= 15 is 0 Å². The first-order valence-electron chi connectivity index (χ1n) is 7.21. The highest BCUT2D eigenvalue weighted by molar-refractivity contribution is 6.07. The van der Waals surface area contributed by atoms with Crippen molar-refractivity contribution >= 4 is 17.8 Å². The number of nitrogens with two attached hydrogens (primary N) is 1. The molecule has 2 fully saturated rings. The highest BCUT2D eigenvalue weighted by atomic mass is 16.5. The predicted molar refractivity (Wildman–Crippen MR) is 76.5 cm³/mol. The van der Waals surface area contributed by atoms with Crippen LogP contribution in [0.5, 0.6) is 0 Å². The van der Waals surface area contributed by atoms with Crippen LogP contribution in [-0.4, -0.2) is 71.1 Å². The summed E-state index contributed by atoms with van der Waals surface area (Å²) < 4.78 is 5.40. The molecule has 0 radical (unpaired) electrons. The maximum Gasteiger partial charge on any atom is 0.326 e. The predicted octanol–water partition coefficient (Wildman–Crippen LogP) is -2.64. The number of imide groups is 1. The molecule has 4 amide bonds. The molecular formula is C13H20N4O6. The molecule has 2 aliphatic rings. The van der Waals surface area contributed by atoms with Crippen LogP contribution >= 0.6 is 0 Å². The highest BCUT2D eigenvalue weighted by Gasteiger charge is 2.41. The van der Waals surface area contributed by atoms with Crippen molar-refractivity contribution in [2.75, 3.05) is 19.7 Å². The molecule has 0 aromatic heterocycles. The van der Waals surface area contributed by atoms with Crippen LogP contribution in [-0.2, 0) is 14.3 Å². The van der Waals surface area contributed by atoms with Gasteiger partial charge in [0.25, 0.3) is 5.91 Å². The summed E-state index contributed by atoms with van der Waals surface area (Å²) in [5, 5.41) is 23.4. The Morgan fingerprint density at radius 2 is 2.26 bits per heavy atom. The SMILES string of the molecule is NCCC(=O)NC=C1CN([C@H]2C[C@H](O)[C@@H](CO)O2)C(=O)NC1=O. The third-order valence-electron chi connectivity index (χ3n) is 3.62. The second kappa shape index (κ2) is 7.51. The van der Waals surface area contributed by atoms with E-state index in [1.165, 1.54) is 11.1 Å². The van der Waals surface area contributed by atoms with Crippen LogP contribution in [0.2, 0.25) is 0 Å². The Morgan fingerprint density at radius 1 is 1.52 bits per heavy atom. The number of nitrogens with one attached hydrogen (secondary N) is 2. The van der Waals surface area contributed by atoms with Gasteiger partial charge in [-0.25, -0.2) is 4.79 Å². The van der Waals surface area contributed by atoms with Gasteiger partial charge in [0.1, 0.15) is 12.3 Å². The van der Waals surface area contributed by atoms with Crippen LogP contribution in [0.3, 0.4) is 0 Å². The van der Waals surface area contributed by atoms with E-state index in [4.69, 9.17) is 15.6 Å². The van der Waals surface area contributed by atoms with Crippen molar-refractivity contribution < 1.29 is 29.3 Å². The molecule has 0 aromatic carbocycles. The van der Waals surface area contributed by atoms with Crippen molar-refractivity contribution in [3.05, 3.63) is 11.8 Å². The van der Waals surface area contributed by atoms with Crippen molar-refractivity contribution in [3.63, 3.8) is 0 Å². The standard InChI is InChI=1S/C13H20N4O6/c14-2-1-10(20)15-4-7-5-17(13(22)16-12(7)21)11-3-8(19)9(6-18)23-11/h4,8-9,11,18-19H,1-3,5-6,14H2,(H,15,20)(H,16,21,22)/t8-,9+,11+/m0/s1. The van der Waals surface area contributed by atoms with Crippen LogP contribution < -0.4 is 16.4 Å². The minimum Gasteiger partial charge on any atom is -0.394 e. The monoisotopic (exact) mass is 328 g/mol. The lowest BCUT2D eigenvalue weighted by molar-refractivity contribution is -0.119. The van der Waals surface area contributed by atoms with Gasteiger partial charge >= 0.3 is 6.03 Å². The molecule has 0 saturated carbocycles. The highest BCUT2D eigenvalue weighted by Crippen LogP contribution is 2.25. The minimum atomic E-state index is -0.896. The lowest BCUT2D eigenvalue weighted by Gasteiger charge is -2.32. The zero-order valence-corrected chi connectivity index (χ0v) is 12.4. The van der Waals surface area contributed by atoms with Gasteiger partial charge in [0.15, 0.2) is 0 Å². The zero-order valence-electron chi connectivity index (χ0n) is 12.4. The van der Waals surface area contributed by atoms with Gasteiger partial charge in [-0.15, -0.1) is 0 Å². The van der Waals surface area contributed by atoms with Crippen LogP contribution in [0.25, 0.3) is 0 Å². The van der Waals surface area contributed by atoms with E-state index in [0.29, 0.717) is 0 Å². The number of hydrogen-bond acceptors (Lipinski definition) is 7. The van der Waals surface area contributed by atoms with Crippen LogP contribution in [0, 0.1) is 0 Å². The van der Waals surface area contributed by atoms with Gasteiger partial charge in [-0.3, -0.25) is 19.8 Å². The molecule has 2 saturated heterocycles. The van der Waals surface area contributed by atoms with Crippen molar-refractivity contribution in [2.24, 2.45) is 5.73 Å². The Kier molecular flexibility index (Phi) is 5.66. The van der Waals surface area contributed by atoms with Gasteiger partial charge in [0, 0.05) is 25.6 Å². The second-order valence-corrected chi connectivity index (χ2v) is 5.28. The zero-order chi connectivity index (χ0) is 17.0. The van der Waals surface area contributed by atoms with Gasteiger partial charge in [-0.1, -0.05) is 0 Å². The van der Waals surface area contributed by atoms with Crippen molar-refractivity contribution in [2.45, 2.75) is 31.3 Å². The summed E-state index contributed by atoms with van der Waals surface area (Å²) in [5.74, 6) is -0.958. The van der Waals surface area contributed by atoms with E-state index < -0.39 is 30.4 Å². The fraction of sp³-hybridized carbons (Fsp3) is 0.615. The van der Waals surface area contributed by atoms with Crippen molar-refractivity contribution in [1.82, 2.24) is 15.5 Å². The topological polar surface area (TPSA) is 154 Å². The maximum atomic E-state index is 11.9. The molecule has 23 heavy (non-hydrogen) atoms. The van der Waals surface area contributed by atoms with Crippen molar-refractivity contribution in [1.29, 1.82) is 0 Å². The number of rotatable bonds is 5. The Hall–Kier alpha value is -2.01. The summed E-state index contributed by atoms with van der Waals surface area (Å²) in [7, 11) is 0. The second-order valence-electron chi connectivity index (χ2n) is 5.28. The first-order valence-corrected chi connectivity index (χ1v) is 7.21.